The summed E-state index contributed by atoms with van der Waals surface area (Å²) in [4.78, 5) is 15.9. The van der Waals surface area contributed by atoms with Crippen molar-refractivity contribution in [1.29, 1.82) is 0 Å². The molecule has 0 atom stereocenters. The third-order valence-corrected chi connectivity index (χ3v) is 7.17. The van der Waals surface area contributed by atoms with E-state index in [1.54, 1.807) is 4.90 Å². The molecule has 33 heavy (non-hydrogen) atoms. The Morgan fingerprint density at radius 3 is 2.45 bits per heavy atom. The third kappa shape index (κ3) is 5.95. The zero-order chi connectivity index (χ0) is 23.2. The van der Waals surface area contributed by atoms with E-state index < -0.39 is 0 Å². The monoisotopic (exact) mass is 473 g/mol. The Hall–Kier alpha value is -2.39. The van der Waals surface area contributed by atoms with Crippen LogP contribution in [-0.2, 0) is 25.1 Å². The fraction of sp³-hybridized carbons (Fsp3) is 0.625. The van der Waals surface area contributed by atoms with Gasteiger partial charge in [-0.05, 0) is 55.6 Å². The average molecular weight is 474 g/mol. The van der Waals surface area contributed by atoms with Gasteiger partial charge in [-0.2, -0.15) is 5.10 Å². The molecule has 0 N–H and O–H groups in total. The van der Waals surface area contributed by atoms with Gasteiger partial charge in [0.25, 0.3) is 0 Å². The molecule has 1 aliphatic carbocycles. The van der Waals surface area contributed by atoms with Crippen LogP contribution in [0.25, 0.3) is 0 Å². The van der Waals surface area contributed by atoms with Crippen LogP contribution in [0, 0.1) is 4.77 Å². The maximum absolute atomic E-state index is 11.9. The van der Waals surface area contributed by atoms with Crippen LogP contribution < -0.4 is 4.74 Å². The molecule has 9 heteroatoms. The number of ether oxygens (including phenoxy) is 2. The highest BCUT2D eigenvalue weighted by Crippen LogP contribution is 2.33. The molecule has 180 valence electrons. The van der Waals surface area contributed by atoms with Crippen LogP contribution in [0.4, 0.5) is 4.79 Å². The number of hydrogen-bond acceptors (Lipinski definition) is 6. The van der Waals surface area contributed by atoms with Crippen LogP contribution in [0.1, 0.15) is 56.3 Å². The van der Waals surface area contributed by atoms with E-state index in [9.17, 15) is 4.79 Å². The van der Waals surface area contributed by atoms with Crippen LogP contribution in [0.3, 0.4) is 0 Å². The number of amides is 1. The predicted octanol–water partition coefficient (Wildman–Crippen LogP) is 4.31. The quantitative estimate of drug-likeness (QED) is 0.559. The molecule has 4 rings (SSSR count). The van der Waals surface area contributed by atoms with Crippen LogP contribution >= 0.6 is 12.2 Å². The Morgan fingerprint density at radius 1 is 1.09 bits per heavy atom. The molecule has 8 nitrogen and oxygen atoms in total. The standard InChI is InChI=1S/C24H35N5O3S/c1-3-31-24(30)28-15-13-27(14-16-28)18-29-23(33)26(2)22(25-29)17-32-21-11-9-20(10-12-21)19-7-5-4-6-8-19/h9-12,19H,3-8,13-18H2,1-2H3. The number of piperazine rings is 1. The molecule has 1 amide bonds. The van der Waals surface area contributed by atoms with Gasteiger partial charge in [-0.15, -0.1) is 0 Å². The number of nitrogens with zero attached hydrogens (tertiary/aromatic N) is 5. The second-order valence-electron chi connectivity index (χ2n) is 8.90. The molecule has 2 aliphatic rings. The van der Waals surface area contributed by atoms with E-state index in [0.29, 0.717) is 43.7 Å². The molecular weight excluding hydrogens is 438 g/mol. The van der Waals surface area contributed by atoms with Crippen LogP contribution in [-0.4, -0.2) is 63.0 Å². The van der Waals surface area contributed by atoms with Gasteiger partial charge in [-0.25, -0.2) is 9.48 Å². The normalized spacial score (nSPS) is 17.8. The van der Waals surface area contributed by atoms with Crippen molar-refractivity contribution in [2.75, 3.05) is 32.8 Å². The number of hydrogen-bond donors (Lipinski definition) is 0. The van der Waals surface area contributed by atoms with Crippen molar-refractivity contribution < 1.29 is 14.3 Å². The first-order valence-electron chi connectivity index (χ1n) is 12.0. The minimum Gasteiger partial charge on any atom is -0.486 e. The summed E-state index contributed by atoms with van der Waals surface area (Å²) < 4.78 is 15.5. The van der Waals surface area contributed by atoms with E-state index in [1.807, 2.05) is 23.2 Å². The highest BCUT2D eigenvalue weighted by Gasteiger charge is 2.23. The summed E-state index contributed by atoms with van der Waals surface area (Å²) in [5.41, 5.74) is 1.42. The summed E-state index contributed by atoms with van der Waals surface area (Å²) in [5.74, 6) is 2.34. The lowest BCUT2D eigenvalue weighted by atomic mass is 9.84. The zero-order valence-electron chi connectivity index (χ0n) is 19.7. The molecule has 1 aromatic carbocycles. The molecule has 0 bridgehead atoms. The van der Waals surface area contributed by atoms with Crippen molar-refractivity contribution in [3.8, 4) is 5.75 Å². The lowest BCUT2D eigenvalue weighted by Crippen LogP contribution is -2.49. The van der Waals surface area contributed by atoms with Crippen molar-refractivity contribution in [3.63, 3.8) is 0 Å². The number of carbonyl (C=O) groups is 1. The largest absolute Gasteiger partial charge is 0.486 e. The fourth-order valence-electron chi connectivity index (χ4n) is 4.65. The van der Waals surface area contributed by atoms with Gasteiger partial charge >= 0.3 is 6.09 Å². The molecule has 0 spiro atoms. The summed E-state index contributed by atoms with van der Waals surface area (Å²) in [6.07, 6.45) is 6.41. The maximum atomic E-state index is 11.9. The van der Waals surface area contributed by atoms with Gasteiger partial charge < -0.3 is 18.9 Å². The van der Waals surface area contributed by atoms with Crippen molar-refractivity contribution in [2.24, 2.45) is 7.05 Å². The Kier molecular flexibility index (Phi) is 8.03. The molecule has 2 heterocycles. The van der Waals surface area contributed by atoms with Crippen LogP contribution in [0.15, 0.2) is 24.3 Å². The Labute approximate surface area is 201 Å². The molecule has 0 unspecified atom stereocenters. The summed E-state index contributed by atoms with van der Waals surface area (Å²) in [6.45, 7) is 6.00. The lowest BCUT2D eigenvalue weighted by Gasteiger charge is -2.33. The van der Waals surface area contributed by atoms with Gasteiger partial charge in [0.2, 0.25) is 0 Å². The van der Waals surface area contributed by atoms with Gasteiger partial charge in [-0.3, -0.25) is 4.90 Å². The Balaban J connectivity index is 1.30. The smallest absolute Gasteiger partial charge is 0.409 e. The first-order chi connectivity index (χ1) is 16.0. The summed E-state index contributed by atoms with van der Waals surface area (Å²) in [7, 11) is 1.93. The van der Waals surface area contributed by atoms with Crippen molar-refractivity contribution in [1.82, 2.24) is 24.1 Å². The number of rotatable bonds is 7. The lowest BCUT2D eigenvalue weighted by molar-refractivity contribution is 0.0689. The number of carbonyl (C=O) groups excluding carboxylic acids is 1. The van der Waals surface area contributed by atoms with E-state index in [4.69, 9.17) is 26.8 Å². The molecule has 0 radical (unpaired) electrons. The number of aromatic nitrogens is 3. The minimum absolute atomic E-state index is 0.238. The molecule has 1 aliphatic heterocycles. The number of benzene rings is 1. The molecule has 2 aromatic rings. The second-order valence-corrected chi connectivity index (χ2v) is 9.26. The molecular formula is C24H35N5O3S. The minimum atomic E-state index is -0.238. The van der Waals surface area contributed by atoms with Crippen molar-refractivity contribution in [2.45, 2.75) is 58.2 Å². The van der Waals surface area contributed by atoms with E-state index in [0.717, 1.165) is 24.7 Å². The Bertz CT molecular complexity index is 973. The average Bonchev–Trinajstić information content (AvgIpc) is 3.12. The van der Waals surface area contributed by atoms with Crippen molar-refractivity contribution in [3.05, 3.63) is 40.4 Å². The third-order valence-electron chi connectivity index (χ3n) is 6.69. The van der Waals surface area contributed by atoms with Crippen LogP contribution in [0.2, 0.25) is 0 Å². The van der Waals surface area contributed by atoms with Crippen LogP contribution in [0.5, 0.6) is 5.75 Å². The topological polar surface area (TPSA) is 64.8 Å². The SMILES string of the molecule is CCOC(=O)N1CCN(Cn2nc(COc3ccc(C4CCCCC4)cc3)n(C)c2=S)CC1. The van der Waals surface area contributed by atoms with Gasteiger partial charge in [-0.1, -0.05) is 31.4 Å². The summed E-state index contributed by atoms with van der Waals surface area (Å²) >= 11 is 5.60. The van der Waals surface area contributed by atoms with Gasteiger partial charge in [0.1, 0.15) is 12.4 Å². The van der Waals surface area contributed by atoms with Gasteiger partial charge in [0.15, 0.2) is 10.6 Å². The van der Waals surface area contributed by atoms with Gasteiger partial charge in [0.05, 0.1) is 13.3 Å². The van der Waals surface area contributed by atoms with E-state index in [-0.39, 0.29) is 6.09 Å². The first kappa shape index (κ1) is 23.8. The second kappa shape index (κ2) is 11.2. The molecule has 1 saturated heterocycles. The molecule has 1 saturated carbocycles. The van der Waals surface area contributed by atoms with E-state index in [1.165, 1.54) is 37.7 Å². The van der Waals surface area contributed by atoms with E-state index in [2.05, 4.69) is 29.2 Å². The summed E-state index contributed by atoms with van der Waals surface area (Å²) in [6, 6.07) is 8.55. The molecule has 1 aromatic heterocycles. The molecule has 2 fully saturated rings. The summed E-state index contributed by atoms with van der Waals surface area (Å²) in [5, 5.41) is 4.70. The maximum Gasteiger partial charge on any atom is 0.409 e. The van der Waals surface area contributed by atoms with Crippen molar-refractivity contribution >= 4 is 18.3 Å². The fourth-order valence-corrected chi connectivity index (χ4v) is 4.85. The van der Waals surface area contributed by atoms with Gasteiger partial charge in [0, 0.05) is 33.2 Å². The highest BCUT2D eigenvalue weighted by atomic mass is 32.1. The zero-order valence-corrected chi connectivity index (χ0v) is 20.6. The van der Waals surface area contributed by atoms with E-state index >= 15 is 0 Å². The Morgan fingerprint density at radius 2 is 1.79 bits per heavy atom. The predicted molar refractivity (Wildman–Crippen MR) is 129 cm³/mol. The first-order valence-corrected chi connectivity index (χ1v) is 12.5. The highest BCUT2D eigenvalue weighted by molar-refractivity contribution is 7.71.